The number of aromatic nitrogens is 3. The standard InChI is InChI=1S/C15H15N5/c1-20(14-9-5-2-6-11(14)10-16)15-17-12-7-3-4-8-13(12)18-19-15/h2-9H,10,16H2,1H3. The zero-order chi connectivity index (χ0) is 13.9. The van der Waals surface area contributed by atoms with Gasteiger partial charge in [0.15, 0.2) is 0 Å². The molecule has 0 saturated heterocycles. The van der Waals surface area contributed by atoms with Gasteiger partial charge >= 0.3 is 0 Å². The first-order valence-electron chi connectivity index (χ1n) is 6.41. The number of hydrogen-bond acceptors (Lipinski definition) is 5. The Morgan fingerprint density at radius 3 is 2.45 bits per heavy atom. The molecule has 2 aromatic carbocycles. The molecule has 0 aliphatic rings. The Morgan fingerprint density at radius 1 is 0.950 bits per heavy atom. The number of nitrogens with zero attached hydrogens (tertiary/aromatic N) is 4. The SMILES string of the molecule is CN(c1nnc2ccccc2n1)c1ccccc1CN. The fourth-order valence-electron chi connectivity index (χ4n) is 2.13. The van der Waals surface area contributed by atoms with Crippen LogP contribution in [0.1, 0.15) is 5.56 Å². The lowest BCUT2D eigenvalue weighted by Crippen LogP contribution is -2.16. The maximum absolute atomic E-state index is 5.77. The molecular formula is C15H15N5. The second-order valence-electron chi connectivity index (χ2n) is 4.49. The molecular weight excluding hydrogens is 250 g/mol. The quantitative estimate of drug-likeness (QED) is 0.786. The van der Waals surface area contributed by atoms with E-state index in [1.54, 1.807) is 0 Å². The van der Waals surface area contributed by atoms with Gasteiger partial charge in [-0.3, -0.25) is 0 Å². The van der Waals surface area contributed by atoms with Crippen molar-refractivity contribution in [3.63, 3.8) is 0 Å². The van der Waals surface area contributed by atoms with Crippen molar-refractivity contribution < 1.29 is 0 Å². The Labute approximate surface area is 117 Å². The van der Waals surface area contributed by atoms with E-state index in [2.05, 4.69) is 15.2 Å². The van der Waals surface area contributed by atoms with Crippen molar-refractivity contribution in [1.29, 1.82) is 0 Å². The van der Waals surface area contributed by atoms with Crippen LogP contribution < -0.4 is 10.6 Å². The molecule has 0 saturated carbocycles. The summed E-state index contributed by atoms with van der Waals surface area (Å²) in [4.78, 5) is 6.44. The summed E-state index contributed by atoms with van der Waals surface area (Å²) in [7, 11) is 1.92. The van der Waals surface area contributed by atoms with Crippen LogP contribution in [0.4, 0.5) is 11.6 Å². The molecule has 1 aromatic heterocycles. The van der Waals surface area contributed by atoms with E-state index < -0.39 is 0 Å². The van der Waals surface area contributed by atoms with Crippen LogP contribution in [0.2, 0.25) is 0 Å². The van der Waals surface area contributed by atoms with Crippen LogP contribution >= 0.6 is 0 Å². The Morgan fingerprint density at radius 2 is 1.65 bits per heavy atom. The smallest absolute Gasteiger partial charge is 0.250 e. The predicted molar refractivity (Wildman–Crippen MR) is 79.7 cm³/mol. The minimum Gasteiger partial charge on any atom is -0.326 e. The zero-order valence-electron chi connectivity index (χ0n) is 11.2. The first-order chi connectivity index (χ1) is 9.79. The van der Waals surface area contributed by atoms with Gasteiger partial charge in [-0.15, -0.1) is 10.2 Å². The van der Waals surface area contributed by atoms with E-state index in [0.29, 0.717) is 12.5 Å². The van der Waals surface area contributed by atoms with Gasteiger partial charge in [-0.25, -0.2) is 4.98 Å². The fraction of sp³-hybridized carbons (Fsp3) is 0.133. The summed E-state index contributed by atoms with van der Waals surface area (Å²) in [5.74, 6) is 0.560. The number of benzene rings is 2. The summed E-state index contributed by atoms with van der Waals surface area (Å²) in [5, 5.41) is 8.38. The summed E-state index contributed by atoms with van der Waals surface area (Å²) in [6.45, 7) is 0.474. The van der Waals surface area contributed by atoms with Crippen molar-refractivity contribution in [2.24, 2.45) is 5.73 Å². The molecule has 3 aromatic rings. The van der Waals surface area contributed by atoms with Crippen molar-refractivity contribution in [3.05, 3.63) is 54.1 Å². The Hall–Kier alpha value is -2.53. The van der Waals surface area contributed by atoms with Gasteiger partial charge in [0, 0.05) is 19.3 Å². The monoisotopic (exact) mass is 265 g/mol. The van der Waals surface area contributed by atoms with Gasteiger partial charge in [-0.2, -0.15) is 0 Å². The molecule has 1 heterocycles. The number of nitrogens with two attached hydrogens (primary N) is 1. The van der Waals surface area contributed by atoms with E-state index in [1.165, 1.54) is 0 Å². The van der Waals surface area contributed by atoms with E-state index >= 15 is 0 Å². The summed E-state index contributed by atoms with van der Waals surface area (Å²) >= 11 is 0. The highest BCUT2D eigenvalue weighted by atomic mass is 15.3. The lowest BCUT2D eigenvalue weighted by molar-refractivity contribution is 0.953. The first kappa shape index (κ1) is 12.5. The minimum absolute atomic E-state index is 0.474. The van der Waals surface area contributed by atoms with E-state index in [0.717, 1.165) is 22.3 Å². The van der Waals surface area contributed by atoms with Gasteiger partial charge in [0.05, 0.1) is 5.52 Å². The zero-order valence-corrected chi connectivity index (χ0v) is 11.2. The molecule has 0 spiro atoms. The molecule has 3 rings (SSSR count). The van der Waals surface area contributed by atoms with Gasteiger partial charge in [0.1, 0.15) is 5.52 Å². The highest BCUT2D eigenvalue weighted by molar-refractivity contribution is 5.75. The molecule has 2 N–H and O–H groups in total. The number of fused-ring (bicyclic) bond motifs is 1. The van der Waals surface area contributed by atoms with Gasteiger partial charge in [-0.05, 0) is 23.8 Å². The van der Waals surface area contributed by atoms with Crippen LogP contribution in [0.3, 0.4) is 0 Å². The maximum Gasteiger partial charge on any atom is 0.250 e. The summed E-state index contributed by atoms with van der Waals surface area (Å²) in [5.41, 5.74) is 9.43. The number of para-hydroxylation sites is 2. The van der Waals surface area contributed by atoms with Crippen LogP contribution in [-0.4, -0.2) is 22.2 Å². The second kappa shape index (κ2) is 5.22. The largest absolute Gasteiger partial charge is 0.326 e. The molecule has 5 heteroatoms. The van der Waals surface area contributed by atoms with Crippen molar-refractivity contribution in [1.82, 2.24) is 15.2 Å². The molecule has 0 fully saturated rings. The molecule has 100 valence electrons. The Bertz CT molecular complexity index is 741. The van der Waals surface area contributed by atoms with E-state index in [9.17, 15) is 0 Å². The predicted octanol–water partition coefficient (Wildman–Crippen LogP) is 2.25. The number of anilines is 2. The lowest BCUT2D eigenvalue weighted by atomic mass is 10.1. The molecule has 0 unspecified atom stereocenters. The van der Waals surface area contributed by atoms with Crippen molar-refractivity contribution >= 4 is 22.7 Å². The minimum atomic E-state index is 0.474. The molecule has 5 nitrogen and oxygen atoms in total. The van der Waals surface area contributed by atoms with Crippen LogP contribution in [0, 0.1) is 0 Å². The molecule has 0 aliphatic carbocycles. The molecule has 0 bridgehead atoms. The van der Waals surface area contributed by atoms with Crippen molar-refractivity contribution in [3.8, 4) is 0 Å². The molecule has 0 atom stereocenters. The van der Waals surface area contributed by atoms with Gasteiger partial charge < -0.3 is 10.6 Å². The third-order valence-electron chi connectivity index (χ3n) is 3.22. The van der Waals surface area contributed by atoms with Gasteiger partial charge in [0.25, 0.3) is 0 Å². The van der Waals surface area contributed by atoms with Crippen molar-refractivity contribution in [2.75, 3.05) is 11.9 Å². The molecule has 0 amide bonds. The van der Waals surface area contributed by atoms with Crippen LogP contribution in [0.5, 0.6) is 0 Å². The summed E-state index contributed by atoms with van der Waals surface area (Å²) in [6.07, 6.45) is 0. The van der Waals surface area contributed by atoms with E-state index in [4.69, 9.17) is 5.73 Å². The summed E-state index contributed by atoms with van der Waals surface area (Å²) < 4.78 is 0. The van der Waals surface area contributed by atoms with Crippen LogP contribution in [0.15, 0.2) is 48.5 Å². The lowest BCUT2D eigenvalue weighted by Gasteiger charge is -2.19. The average Bonchev–Trinajstić information content (AvgIpc) is 2.53. The highest BCUT2D eigenvalue weighted by Gasteiger charge is 2.11. The van der Waals surface area contributed by atoms with Crippen LogP contribution in [0.25, 0.3) is 11.0 Å². The number of hydrogen-bond donors (Lipinski definition) is 1. The normalized spacial score (nSPS) is 10.7. The molecule has 0 radical (unpaired) electrons. The first-order valence-corrected chi connectivity index (χ1v) is 6.41. The topological polar surface area (TPSA) is 67.9 Å². The van der Waals surface area contributed by atoms with Gasteiger partial charge in [0.2, 0.25) is 5.95 Å². The van der Waals surface area contributed by atoms with Crippen LogP contribution in [-0.2, 0) is 6.54 Å². The second-order valence-corrected chi connectivity index (χ2v) is 4.49. The van der Waals surface area contributed by atoms with Gasteiger partial charge in [-0.1, -0.05) is 30.3 Å². The molecule has 0 aliphatic heterocycles. The number of rotatable bonds is 3. The third-order valence-corrected chi connectivity index (χ3v) is 3.22. The van der Waals surface area contributed by atoms with E-state index in [-0.39, 0.29) is 0 Å². The Kier molecular flexibility index (Phi) is 3.26. The third kappa shape index (κ3) is 2.19. The average molecular weight is 265 g/mol. The fourth-order valence-corrected chi connectivity index (χ4v) is 2.13. The van der Waals surface area contributed by atoms with E-state index in [1.807, 2.05) is 60.5 Å². The highest BCUT2D eigenvalue weighted by Crippen LogP contribution is 2.24. The molecule has 20 heavy (non-hydrogen) atoms. The maximum atomic E-state index is 5.77. The Balaban J connectivity index is 2.05. The van der Waals surface area contributed by atoms with Crippen molar-refractivity contribution in [2.45, 2.75) is 6.54 Å². The summed E-state index contributed by atoms with van der Waals surface area (Å²) in [6, 6.07) is 15.6.